The molecule has 12 heteroatoms. The maximum absolute atomic E-state index is 13.2. The highest BCUT2D eigenvalue weighted by Crippen LogP contribution is 2.36. The molecule has 0 aliphatic carbocycles. The molecule has 0 atom stereocenters. The van der Waals surface area contributed by atoms with Crippen LogP contribution in [0.4, 0.5) is 33.3 Å². The predicted molar refractivity (Wildman–Crippen MR) is 93.6 cm³/mol. The molecule has 0 aromatic heterocycles. The zero-order valence-corrected chi connectivity index (χ0v) is 15.6. The van der Waals surface area contributed by atoms with Gasteiger partial charge in [0.25, 0.3) is 0 Å². The van der Waals surface area contributed by atoms with E-state index in [1.165, 1.54) is 0 Å². The second kappa shape index (κ2) is 7.92. The molecule has 152 valence electrons. The van der Waals surface area contributed by atoms with Crippen molar-refractivity contribution in [2.45, 2.75) is 6.18 Å². The predicted octanol–water partition coefficient (Wildman–Crippen LogP) is 4.04. The van der Waals surface area contributed by atoms with Crippen molar-refractivity contribution in [3.05, 3.63) is 58.6 Å². The Morgan fingerprint density at radius 2 is 1.75 bits per heavy atom. The molecule has 0 saturated heterocycles. The van der Waals surface area contributed by atoms with Gasteiger partial charge in [0.15, 0.2) is 11.6 Å². The Balaban J connectivity index is 2.35. The zero-order chi connectivity index (χ0) is 21.3. The van der Waals surface area contributed by atoms with Crippen LogP contribution < -0.4 is 9.62 Å². The van der Waals surface area contributed by atoms with Crippen LogP contribution in [0.5, 0.6) is 0 Å². The van der Waals surface area contributed by atoms with Gasteiger partial charge in [-0.1, -0.05) is 11.6 Å². The number of alkyl halides is 3. The Hall–Kier alpha value is -2.40. The molecule has 2 rings (SSSR count). The van der Waals surface area contributed by atoms with Crippen LogP contribution in [-0.2, 0) is 21.0 Å². The summed E-state index contributed by atoms with van der Waals surface area (Å²) < 4.78 is 89.3. The number of rotatable bonds is 5. The maximum Gasteiger partial charge on any atom is 0.416 e. The van der Waals surface area contributed by atoms with Crippen LogP contribution >= 0.6 is 11.6 Å². The van der Waals surface area contributed by atoms with E-state index in [0.29, 0.717) is 28.8 Å². The van der Waals surface area contributed by atoms with Crippen molar-refractivity contribution in [1.29, 1.82) is 0 Å². The van der Waals surface area contributed by atoms with E-state index in [9.17, 15) is 35.2 Å². The van der Waals surface area contributed by atoms with Crippen LogP contribution in [-0.4, -0.2) is 27.1 Å². The average molecular weight is 443 g/mol. The SMILES string of the molecule is CS(=O)(=O)N(CC(=O)Nc1ccc(F)c(F)c1)c1cc(C(F)(F)F)ccc1Cl. The van der Waals surface area contributed by atoms with E-state index < -0.39 is 51.5 Å². The first-order valence-electron chi connectivity index (χ1n) is 7.38. The molecular formula is C16H12ClF5N2O3S. The van der Waals surface area contributed by atoms with Crippen LogP contribution in [0.25, 0.3) is 0 Å². The molecule has 28 heavy (non-hydrogen) atoms. The third-order valence-corrected chi connectivity index (χ3v) is 4.88. The van der Waals surface area contributed by atoms with Crippen LogP contribution in [0.3, 0.4) is 0 Å². The number of nitrogens with one attached hydrogen (secondary N) is 1. The van der Waals surface area contributed by atoms with Gasteiger partial charge in [0.1, 0.15) is 6.54 Å². The highest BCUT2D eigenvalue weighted by Gasteiger charge is 2.33. The van der Waals surface area contributed by atoms with Gasteiger partial charge in [-0.25, -0.2) is 17.2 Å². The van der Waals surface area contributed by atoms with Gasteiger partial charge in [0.2, 0.25) is 15.9 Å². The number of amides is 1. The number of anilines is 2. The smallest absolute Gasteiger partial charge is 0.324 e. The summed E-state index contributed by atoms with van der Waals surface area (Å²) in [5, 5.41) is 1.80. The number of carbonyl (C=O) groups is 1. The summed E-state index contributed by atoms with van der Waals surface area (Å²) in [4.78, 5) is 12.1. The Morgan fingerprint density at radius 1 is 1.11 bits per heavy atom. The van der Waals surface area contributed by atoms with Crippen molar-refractivity contribution in [2.75, 3.05) is 22.4 Å². The summed E-state index contributed by atoms with van der Waals surface area (Å²) in [5.41, 5.74) is -1.89. The fraction of sp³-hybridized carbons (Fsp3) is 0.188. The topological polar surface area (TPSA) is 66.5 Å². The highest BCUT2D eigenvalue weighted by molar-refractivity contribution is 7.92. The fourth-order valence-electron chi connectivity index (χ4n) is 2.17. The van der Waals surface area contributed by atoms with E-state index in [1.54, 1.807) is 0 Å². The molecule has 5 nitrogen and oxygen atoms in total. The lowest BCUT2D eigenvalue weighted by atomic mass is 10.2. The molecule has 0 bridgehead atoms. The van der Waals surface area contributed by atoms with Gasteiger partial charge >= 0.3 is 6.18 Å². The summed E-state index contributed by atoms with van der Waals surface area (Å²) in [7, 11) is -4.22. The molecule has 1 amide bonds. The first-order valence-corrected chi connectivity index (χ1v) is 9.61. The molecule has 0 saturated carbocycles. The van der Waals surface area contributed by atoms with E-state index in [4.69, 9.17) is 11.6 Å². The molecule has 0 radical (unpaired) electrons. The second-order valence-electron chi connectivity index (χ2n) is 5.61. The van der Waals surface area contributed by atoms with Crippen molar-refractivity contribution in [1.82, 2.24) is 0 Å². The van der Waals surface area contributed by atoms with E-state index in [2.05, 4.69) is 5.32 Å². The molecule has 0 unspecified atom stereocenters. The third-order valence-electron chi connectivity index (χ3n) is 3.43. The summed E-state index contributed by atoms with van der Waals surface area (Å²) in [5.74, 6) is -3.42. The number of sulfonamides is 1. The highest BCUT2D eigenvalue weighted by atomic mass is 35.5. The summed E-state index contributed by atoms with van der Waals surface area (Å²) in [6.45, 7) is -0.946. The van der Waals surface area contributed by atoms with Crippen LogP contribution in [0.2, 0.25) is 5.02 Å². The van der Waals surface area contributed by atoms with Crippen molar-refractivity contribution >= 4 is 38.9 Å². The minimum Gasteiger partial charge on any atom is -0.324 e. The van der Waals surface area contributed by atoms with Gasteiger partial charge in [-0.2, -0.15) is 13.2 Å². The van der Waals surface area contributed by atoms with E-state index in [-0.39, 0.29) is 10.7 Å². The van der Waals surface area contributed by atoms with E-state index >= 15 is 0 Å². The number of nitrogens with zero attached hydrogens (tertiary/aromatic N) is 1. The fourth-order valence-corrected chi connectivity index (χ4v) is 3.30. The summed E-state index contributed by atoms with van der Waals surface area (Å²) in [6.07, 6.45) is -4.09. The second-order valence-corrected chi connectivity index (χ2v) is 7.92. The van der Waals surface area contributed by atoms with Crippen molar-refractivity contribution < 1.29 is 35.2 Å². The lowest BCUT2D eigenvalue weighted by Crippen LogP contribution is -2.37. The number of halogens is 6. The standard InChI is InChI=1S/C16H12ClF5N2O3S/c1-28(26,27)24(14-6-9(16(20,21)22)2-4-11(14)17)8-15(25)23-10-3-5-12(18)13(19)7-10/h2-7H,8H2,1H3,(H,23,25). The Labute approximate surface area is 161 Å². The van der Waals surface area contributed by atoms with Gasteiger partial charge in [-0.15, -0.1) is 0 Å². The van der Waals surface area contributed by atoms with E-state index in [0.717, 1.165) is 18.2 Å². The number of hydrogen-bond donors (Lipinski definition) is 1. The van der Waals surface area contributed by atoms with Crippen molar-refractivity contribution in [2.24, 2.45) is 0 Å². The first kappa shape index (κ1) is 21.9. The van der Waals surface area contributed by atoms with Gasteiger partial charge in [0.05, 0.1) is 22.5 Å². The lowest BCUT2D eigenvalue weighted by Gasteiger charge is -2.24. The van der Waals surface area contributed by atoms with Gasteiger partial charge in [0, 0.05) is 11.8 Å². The van der Waals surface area contributed by atoms with Crippen molar-refractivity contribution in [3.63, 3.8) is 0 Å². The lowest BCUT2D eigenvalue weighted by molar-refractivity contribution is -0.137. The average Bonchev–Trinajstić information content (AvgIpc) is 2.55. The molecular weight excluding hydrogens is 431 g/mol. The molecule has 0 heterocycles. The number of benzene rings is 2. The van der Waals surface area contributed by atoms with Gasteiger partial charge in [-0.05, 0) is 30.3 Å². The Bertz CT molecular complexity index is 1010. The molecule has 1 N–H and O–H groups in total. The van der Waals surface area contributed by atoms with Crippen LogP contribution in [0, 0.1) is 11.6 Å². The monoisotopic (exact) mass is 442 g/mol. The van der Waals surface area contributed by atoms with Crippen LogP contribution in [0.15, 0.2) is 36.4 Å². The van der Waals surface area contributed by atoms with Crippen molar-refractivity contribution in [3.8, 4) is 0 Å². The number of carbonyl (C=O) groups excluding carboxylic acids is 1. The van der Waals surface area contributed by atoms with Gasteiger partial charge < -0.3 is 5.32 Å². The Kier molecular flexibility index (Phi) is 6.19. The molecule has 0 aliphatic heterocycles. The molecule has 0 spiro atoms. The van der Waals surface area contributed by atoms with Gasteiger partial charge in [-0.3, -0.25) is 9.10 Å². The normalized spacial score (nSPS) is 12.0. The number of hydrogen-bond acceptors (Lipinski definition) is 3. The quantitative estimate of drug-likeness (QED) is 0.711. The summed E-state index contributed by atoms with van der Waals surface area (Å²) >= 11 is 5.83. The third kappa shape index (κ3) is 5.32. The minimum absolute atomic E-state index is 0.174. The Morgan fingerprint density at radius 3 is 2.29 bits per heavy atom. The summed E-state index contributed by atoms with van der Waals surface area (Å²) in [6, 6.07) is 4.43. The molecule has 0 aliphatic rings. The van der Waals surface area contributed by atoms with E-state index in [1.807, 2.05) is 0 Å². The zero-order valence-electron chi connectivity index (χ0n) is 14.0. The minimum atomic E-state index is -4.77. The largest absolute Gasteiger partial charge is 0.416 e. The molecule has 0 fully saturated rings. The maximum atomic E-state index is 13.2. The van der Waals surface area contributed by atoms with Crippen LogP contribution in [0.1, 0.15) is 5.56 Å². The molecule has 2 aromatic carbocycles. The molecule has 2 aromatic rings. The first-order chi connectivity index (χ1) is 12.8.